The molecule has 0 saturated carbocycles. The lowest BCUT2D eigenvalue weighted by molar-refractivity contribution is -0.144. The molecular weight excluding hydrogens is 1130 g/mol. The molecule has 5 atom stereocenters. The maximum absolute atomic E-state index is 16.1. The van der Waals surface area contributed by atoms with Crippen LogP contribution in [0.2, 0.25) is 0 Å². The molecule has 2 saturated heterocycles. The average molecular weight is 1210 g/mol. The van der Waals surface area contributed by atoms with Crippen molar-refractivity contribution in [2.45, 2.75) is 97.4 Å². The van der Waals surface area contributed by atoms with E-state index in [1.54, 1.807) is 48.6 Å². The minimum atomic E-state index is -5.00. The monoisotopic (exact) mass is 1210 g/mol. The van der Waals surface area contributed by atoms with Crippen molar-refractivity contribution in [3.05, 3.63) is 104 Å². The van der Waals surface area contributed by atoms with Crippen molar-refractivity contribution in [2.75, 3.05) is 116 Å². The zero-order valence-electron chi connectivity index (χ0n) is 49.0. The van der Waals surface area contributed by atoms with Gasteiger partial charge in [0.2, 0.25) is 29.2 Å². The van der Waals surface area contributed by atoms with Gasteiger partial charge >= 0.3 is 6.18 Å². The Bertz CT molecular complexity index is 3030. The number of alkyl halides is 3. The lowest BCUT2D eigenvalue weighted by atomic mass is 9.85. The van der Waals surface area contributed by atoms with Crippen molar-refractivity contribution in [3.63, 3.8) is 0 Å². The summed E-state index contributed by atoms with van der Waals surface area (Å²) in [6.45, 7) is 13.8. The van der Waals surface area contributed by atoms with Gasteiger partial charge in [-0.3, -0.25) is 33.7 Å². The zero-order chi connectivity index (χ0) is 61.6. The van der Waals surface area contributed by atoms with E-state index in [0.717, 1.165) is 21.7 Å². The topological polar surface area (TPSA) is 247 Å². The standard InChI is InChI=1S/C59H77F4N9O12S/c1-36-30-71(31-37(2)69(36)7)48-27-46(60)43(25-47(48)67-55(77)44-29-64-50(74)26-45(44)59(61,62)63)40-12-14-70(15-13-40)52(76)34-84-23-21-82-19-17-80-16-18-81-20-22-83-33-51(75)68-54(58(4,5)6)57(79)72-32-42(73)24-49(72)56(78)65-28-39-8-10-41(11-9-39)53-38(3)66-35-85-53/h8-12,25-27,29,35-37,42,49,54,73H,13-24,28,30-34H2,1-7H3,(H,64,74)(H,65,78)(H,67,77)(H,68,75)/t36-,37+,42-,49+,54-/m1/s1. The number of benzene rings is 2. The number of pyridine rings is 1. The average Bonchev–Trinajstić information content (AvgIpc) is 2.71. The first-order valence-corrected chi connectivity index (χ1v) is 29.1. The molecule has 2 aromatic heterocycles. The number of nitrogens with zero attached hydrogens (tertiary/aromatic N) is 5. The maximum atomic E-state index is 16.1. The molecule has 3 aliphatic rings. The number of hydrogen-bond donors (Lipinski definition) is 5. The summed E-state index contributed by atoms with van der Waals surface area (Å²) in [7, 11) is 1.96. The Morgan fingerprint density at radius 1 is 0.871 bits per heavy atom. The van der Waals surface area contributed by atoms with Gasteiger partial charge < -0.3 is 64.4 Å². The fourth-order valence-corrected chi connectivity index (χ4v) is 11.0. The van der Waals surface area contributed by atoms with Crippen LogP contribution in [0.25, 0.3) is 16.0 Å². The number of carbonyl (C=O) groups excluding carboxylic acids is 5. The number of amides is 5. The van der Waals surface area contributed by atoms with Crippen LogP contribution in [0.5, 0.6) is 0 Å². The zero-order valence-corrected chi connectivity index (χ0v) is 49.8. The number of hydrogen-bond acceptors (Lipinski definition) is 16. The fourth-order valence-electron chi connectivity index (χ4n) is 10.2. The van der Waals surface area contributed by atoms with Gasteiger partial charge in [0.25, 0.3) is 5.91 Å². The molecule has 0 aliphatic carbocycles. The molecule has 464 valence electrons. The Balaban J connectivity index is 0.753. The molecule has 85 heavy (non-hydrogen) atoms. The highest BCUT2D eigenvalue weighted by molar-refractivity contribution is 7.13. The Labute approximate surface area is 495 Å². The van der Waals surface area contributed by atoms with Crippen LogP contribution < -0.4 is 26.4 Å². The second kappa shape index (κ2) is 30.1. The van der Waals surface area contributed by atoms with Gasteiger partial charge in [0.15, 0.2) is 0 Å². The number of carbonyl (C=O) groups is 5. The first-order valence-electron chi connectivity index (χ1n) is 28.2. The van der Waals surface area contributed by atoms with E-state index in [1.165, 1.54) is 17.0 Å². The van der Waals surface area contributed by atoms with Gasteiger partial charge in [-0.2, -0.15) is 13.2 Å². The number of likely N-dealkylation sites (N-methyl/N-ethyl adjacent to an activating group) is 1. The van der Waals surface area contributed by atoms with Crippen LogP contribution in [0.4, 0.5) is 28.9 Å². The molecule has 4 aromatic rings. The van der Waals surface area contributed by atoms with E-state index in [2.05, 4.69) is 30.8 Å². The molecule has 5 amide bonds. The molecule has 2 aromatic carbocycles. The molecule has 5 heterocycles. The molecule has 0 radical (unpaired) electrons. The normalized spacial score (nSPS) is 19.0. The van der Waals surface area contributed by atoms with Crippen LogP contribution in [0.3, 0.4) is 0 Å². The first-order chi connectivity index (χ1) is 40.4. The van der Waals surface area contributed by atoms with Crippen molar-refractivity contribution in [2.24, 2.45) is 5.41 Å². The Morgan fingerprint density at radius 2 is 1.49 bits per heavy atom. The van der Waals surface area contributed by atoms with Gasteiger partial charge in [0, 0.05) is 75.6 Å². The quantitative estimate of drug-likeness (QED) is 0.0398. The number of halogens is 4. The van der Waals surface area contributed by atoms with E-state index >= 15 is 4.39 Å². The number of ether oxygens (including phenoxy) is 5. The SMILES string of the molecule is Cc1ncsc1-c1ccc(CNC(=O)[C@@H]2C[C@@H](O)CN2C(=O)[C@@H](NC(=O)COCCOCCOCCOCCOCC(=O)N2CC=C(c3cc(NC(=O)c4c[nH]c(=O)cc4C(F)(F)F)c(N4C[C@@H](C)N(C)[C@@H](C)C4)cc3F)CC2)C(C)(C)C)cc1. The number of β-amino-alcohol motifs (C(OH)–C–C–N with tert-alkyl or cyclic N) is 1. The lowest BCUT2D eigenvalue weighted by Crippen LogP contribution is -2.58. The number of aliphatic hydroxyl groups is 1. The number of aromatic amines is 1. The third kappa shape index (κ3) is 18.2. The summed E-state index contributed by atoms with van der Waals surface area (Å²) in [6.07, 6.45) is -3.21. The molecule has 7 rings (SSSR count). The van der Waals surface area contributed by atoms with E-state index in [1.807, 2.05) is 57.0 Å². The molecule has 21 nitrogen and oxygen atoms in total. The highest BCUT2D eigenvalue weighted by Crippen LogP contribution is 2.38. The Morgan fingerprint density at radius 3 is 2.07 bits per heavy atom. The van der Waals surface area contributed by atoms with Crippen LogP contribution in [-0.2, 0) is 55.6 Å². The number of aliphatic hydroxyl groups excluding tert-OH is 1. The number of thiazole rings is 1. The highest BCUT2D eigenvalue weighted by Gasteiger charge is 2.45. The largest absolute Gasteiger partial charge is 0.417 e. The second-order valence-corrected chi connectivity index (χ2v) is 23.3. The molecule has 0 spiro atoms. The van der Waals surface area contributed by atoms with Crippen molar-refractivity contribution in [3.8, 4) is 10.4 Å². The minimum absolute atomic E-state index is 0.0285. The number of likely N-dealkylation sites (tertiary alicyclic amines) is 1. The van der Waals surface area contributed by atoms with Crippen LogP contribution in [0, 0.1) is 18.2 Å². The number of rotatable bonds is 26. The van der Waals surface area contributed by atoms with Crippen LogP contribution >= 0.6 is 11.3 Å². The number of H-pyrrole nitrogens is 1. The second-order valence-electron chi connectivity index (χ2n) is 22.4. The summed E-state index contributed by atoms with van der Waals surface area (Å²) in [5, 5.41) is 18.8. The fraction of sp³-hybridized carbons (Fsp3) is 0.542. The Kier molecular flexibility index (Phi) is 23.3. The van der Waals surface area contributed by atoms with E-state index in [4.69, 9.17) is 23.7 Å². The predicted molar refractivity (Wildman–Crippen MR) is 310 cm³/mol. The summed E-state index contributed by atoms with van der Waals surface area (Å²) < 4.78 is 85.6. The molecule has 3 aliphatic heterocycles. The van der Waals surface area contributed by atoms with E-state index < -0.39 is 75.9 Å². The summed E-state index contributed by atoms with van der Waals surface area (Å²) in [4.78, 5) is 93.2. The number of piperazine rings is 1. The minimum Gasteiger partial charge on any atom is -0.391 e. The number of aromatic nitrogens is 2. The molecule has 2 fully saturated rings. The summed E-state index contributed by atoms with van der Waals surface area (Å²) in [6, 6.07) is 8.89. The molecule has 0 bridgehead atoms. The molecule has 26 heteroatoms. The van der Waals surface area contributed by atoms with Gasteiger partial charge in [-0.15, -0.1) is 11.3 Å². The van der Waals surface area contributed by atoms with Gasteiger partial charge in [0.1, 0.15) is 31.1 Å². The summed E-state index contributed by atoms with van der Waals surface area (Å²) in [5.74, 6) is -3.46. The van der Waals surface area contributed by atoms with E-state index in [-0.39, 0.29) is 140 Å². The highest BCUT2D eigenvalue weighted by atomic mass is 32.1. The van der Waals surface area contributed by atoms with Crippen molar-refractivity contribution >= 4 is 57.8 Å². The summed E-state index contributed by atoms with van der Waals surface area (Å²) in [5.41, 5.74) is 1.68. The smallest absolute Gasteiger partial charge is 0.391 e. The first kappa shape index (κ1) is 65.9. The maximum Gasteiger partial charge on any atom is 0.417 e. The van der Waals surface area contributed by atoms with Crippen LogP contribution in [0.15, 0.2) is 65.0 Å². The van der Waals surface area contributed by atoms with E-state index in [9.17, 15) is 47.0 Å². The molecule has 0 unspecified atom stereocenters. The lowest BCUT2D eigenvalue weighted by Gasteiger charge is -2.44. The Hall–Kier alpha value is -6.65. The number of aryl methyl sites for hydroxylation is 1. The van der Waals surface area contributed by atoms with Gasteiger partial charge in [0.05, 0.1) is 97.5 Å². The third-order valence-electron chi connectivity index (χ3n) is 15.1. The van der Waals surface area contributed by atoms with Gasteiger partial charge in [-0.1, -0.05) is 51.1 Å². The third-order valence-corrected chi connectivity index (χ3v) is 16.1. The van der Waals surface area contributed by atoms with Crippen molar-refractivity contribution in [1.29, 1.82) is 0 Å². The number of nitrogens with one attached hydrogen (secondary N) is 4. The van der Waals surface area contributed by atoms with Gasteiger partial charge in [-0.05, 0) is 68.5 Å². The van der Waals surface area contributed by atoms with Crippen molar-refractivity contribution in [1.82, 2.24) is 35.3 Å². The summed E-state index contributed by atoms with van der Waals surface area (Å²) >= 11 is 1.55. The van der Waals surface area contributed by atoms with E-state index in [0.29, 0.717) is 30.9 Å². The van der Waals surface area contributed by atoms with Crippen LogP contribution in [0.1, 0.15) is 80.2 Å². The van der Waals surface area contributed by atoms with Gasteiger partial charge in [-0.25, -0.2) is 9.37 Å². The number of anilines is 2. The predicted octanol–water partition coefficient (Wildman–Crippen LogP) is 5.25. The van der Waals surface area contributed by atoms with Crippen LogP contribution in [-0.4, -0.2) is 195 Å². The van der Waals surface area contributed by atoms with Crippen molar-refractivity contribution < 1.29 is 70.3 Å². The molecule has 5 N–H and O–H groups in total. The molecular formula is C59H77F4N9O12S.